The van der Waals surface area contributed by atoms with Gasteiger partial charge in [-0.1, -0.05) is 26.0 Å². The minimum absolute atomic E-state index is 0.122. The molecule has 110 valence electrons. The molecule has 1 aromatic heterocycles. The number of aromatic amines is 1. The number of aromatic nitrogens is 2. The monoisotopic (exact) mass is 285 g/mol. The van der Waals surface area contributed by atoms with Gasteiger partial charge in [-0.15, -0.1) is 0 Å². The van der Waals surface area contributed by atoms with Gasteiger partial charge in [0.2, 0.25) is 0 Å². The van der Waals surface area contributed by atoms with Gasteiger partial charge in [0.05, 0.1) is 6.04 Å². The third kappa shape index (κ3) is 2.63. The molecule has 0 atom stereocenters. The number of nitrogens with zero attached hydrogens (tertiary/aromatic N) is 2. The molecular weight excluding hydrogens is 266 g/mol. The van der Waals surface area contributed by atoms with Crippen molar-refractivity contribution in [1.82, 2.24) is 9.55 Å². The Kier molecular flexibility index (Phi) is 3.41. The lowest BCUT2D eigenvalue weighted by atomic mass is 10.0. The van der Waals surface area contributed by atoms with Crippen LogP contribution < -0.4 is 16.1 Å². The third-order valence-electron chi connectivity index (χ3n) is 4.01. The summed E-state index contributed by atoms with van der Waals surface area (Å²) in [5, 5.41) is 0. The van der Waals surface area contributed by atoms with Crippen LogP contribution in [0.25, 0.3) is 0 Å². The highest BCUT2D eigenvalue weighted by Gasteiger charge is 2.29. The summed E-state index contributed by atoms with van der Waals surface area (Å²) >= 11 is 0. The molecule has 0 bridgehead atoms. The molecule has 5 heteroatoms. The van der Waals surface area contributed by atoms with E-state index >= 15 is 0 Å². The maximum atomic E-state index is 11.7. The number of nitrogens with one attached hydrogen (secondary N) is 1. The van der Waals surface area contributed by atoms with E-state index in [1.165, 1.54) is 17.3 Å². The Morgan fingerprint density at radius 3 is 2.62 bits per heavy atom. The van der Waals surface area contributed by atoms with Crippen LogP contribution in [-0.2, 0) is 0 Å². The zero-order valence-corrected chi connectivity index (χ0v) is 12.2. The van der Waals surface area contributed by atoms with Crippen molar-refractivity contribution >= 4 is 5.69 Å². The van der Waals surface area contributed by atoms with Crippen LogP contribution in [0.2, 0.25) is 0 Å². The highest BCUT2D eigenvalue weighted by molar-refractivity contribution is 5.51. The third-order valence-corrected chi connectivity index (χ3v) is 4.01. The second kappa shape index (κ2) is 5.24. The van der Waals surface area contributed by atoms with Crippen LogP contribution in [0.15, 0.2) is 46.1 Å². The van der Waals surface area contributed by atoms with E-state index in [1.54, 1.807) is 10.8 Å². The summed E-state index contributed by atoms with van der Waals surface area (Å²) in [6.07, 6.45) is 1.58. The van der Waals surface area contributed by atoms with Gasteiger partial charge in [-0.05, 0) is 23.6 Å². The number of anilines is 1. The first-order valence-electron chi connectivity index (χ1n) is 7.21. The molecule has 3 rings (SSSR count). The maximum Gasteiger partial charge on any atom is 0.328 e. The quantitative estimate of drug-likeness (QED) is 0.934. The lowest BCUT2D eigenvalue weighted by Crippen LogP contribution is -2.51. The van der Waals surface area contributed by atoms with Crippen LogP contribution >= 0.6 is 0 Å². The molecule has 0 aliphatic carbocycles. The Morgan fingerprint density at radius 1 is 1.19 bits per heavy atom. The lowest BCUT2D eigenvalue weighted by molar-refractivity contribution is 0.384. The van der Waals surface area contributed by atoms with Gasteiger partial charge in [-0.3, -0.25) is 14.3 Å². The summed E-state index contributed by atoms with van der Waals surface area (Å²) in [5.41, 5.74) is 1.83. The molecule has 1 fully saturated rings. The van der Waals surface area contributed by atoms with Gasteiger partial charge in [0.25, 0.3) is 5.56 Å². The summed E-state index contributed by atoms with van der Waals surface area (Å²) in [6.45, 7) is 5.93. The molecule has 0 saturated carbocycles. The van der Waals surface area contributed by atoms with Crippen molar-refractivity contribution in [3.8, 4) is 0 Å². The van der Waals surface area contributed by atoms with E-state index in [-0.39, 0.29) is 17.3 Å². The van der Waals surface area contributed by atoms with Crippen molar-refractivity contribution in [2.24, 2.45) is 0 Å². The minimum Gasteiger partial charge on any atom is -0.367 e. The Bertz CT molecular complexity index is 754. The van der Waals surface area contributed by atoms with Crippen molar-refractivity contribution in [3.05, 3.63) is 62.9 Å². The predicted octanol–water partition coefficient (Wildman–Crippen LogP) is 1.72. The molecule has 2 heterocycles. The van der Waals surface area contributed by atoms with E-state index in [0.29, 0.717) is 5.92 Å². The second-order valence-corrected chi connectivity index (χ2v) is 5.83. The van der Waals surface area contributed by atoms with Gasteiger partial charge in [0.15, 0.2) is 0 Å². The predicted molar refractivity (Wildman–Crippen MR) is 83.1 cm³/mol. The summed E-state index contributed by atoms with van der Waals surface area (Å²) in [5.74, 6) is 0.504. The molecule has 0 amide bonds. The summed E-state index contributed by atoms with van der Waals surface area (Å²) in [4.78, 5) is 27.4. The zero-order valence-electron chi connectivity index (χ0n) is 12.2. The van der Waals surface area contributed by atoms with Crippen molar-refractivity contribution in [2.75, 3.05) is 18.0 Å². The molecule has 1 N–H and O–H groups in total. The normalized spacial score (nSPS) is 15.3. The number of rotatable bonds is 3. The lowest BCUT2D eigenvalue weighted by Gasteiger charge is -2.41. The van der Waals surface area contributed by atoms with Gasteiger partial charge in [0.1, 0.15) is 0 Å². The van der Waals surface area contributed by atoms with Crippen LogP contribution in [0.1, 0.15) is 31.4 Å². The smallest absolute Gasteiger partial charge is 0.328 e. The average Bonchev–Trinajstić information content (AvgIpc) is 2.40. The molecule has 1 aliphatic rings. The average molecular weight is 285 g/mol. The number of hydrogen-bond acceptors (Lipinski definition) is 3. The fraction of sp³-hybridized carbons (Fsp3) is 0.375. The van der Waals surface area contributed by atoms with Gasteiger partial charge >= 0.3 is 5.69 Å². The summed E-state index contributed by atoms with van der Waals surface area (Å²) in [7, 11) is 0. The molecule has 1 aromatic carbocycles. The Hall–Kier alpha value is -2.30. The topological polar surface area (TPSA) is 58.1 Å². The highest BCUT2D eigenvalue weighted by atomic mass is 16.2. The van der Waals surface area contributed by atoms with Crippen LogP contribution in [0, 0.1) is 0 Å². The summed E-state index contributed by atoms with van der Waals surface area (Å²) < 4.78 is 1.60. The molecule has 21 heavy (non-hydrogen) atoms. The SMILES string of the molecule is CC(C)c1cccc(N2CC(n3ccc(=O)[nH]c3=O)C2)c1. The van der Waals surface area contributed by atoms with Gasteiger partial charge < -0.3 is 4.90 Å². The van der Waals surface area contributed by atoms with Crippen molar-refractivity contribution in [3.63, 3.8) is 0 Å². The van der Waals surface area contributed by atoms with Crippen molar-refractivity contribution < 1.29 is 0 Å². The van der Waals surface area contributed by atoms with Crippen molar-refractivity contribution in [1.29, 1.82) is 0 Å². The maximum absolute atomic E-state index is 11.7. The van der Waals surface area contributed by atoms with Crippen LogP contribution in [0.5, 0.6) is 0 Å². The van der Waals surface area contributed by atoms with Crippen LogP contribution in [0.4, 0.5) is 5.69 Å². The van der Waals surface area contributed by atoms with E-state index in [4.69, 9.17) is 0 Å². The largest absolute Gasteiger partial charge is 0.367 e. The van der Waals surface area contributed by atoms with Crippen LogP contribution in [-0.4, -0.2) is 22.6 Å². The van der Waals surface area contributed by atoms with Crippen LogP contribution in [0.3, 0.4) is 0 Å². The van der Waals surface area contributed by atoms with Gasteiger partial charge in [-0.2, -0.15) is 0 Å². The number of hydrogen-bond donors (Lipinski definition) is 1. The molecule has 0 spiro atoms. The fourth-order valence-corrected chi connectivity index (χ4v) is 2.64. The Balaban J connectivity index is 1.75. The molecule has 0 radical (unpaired) electrons. The molecule has 1 aliphatic heterocycles. The van der Waals surface area contributed by atoms with E-state index < -0.39 is 0 Å². The number of H-pyrrole nitrogens is 1. The molecule has 2 aromatic rings. The highest BCUT2D eigenvalue weighted by Crippen LogP contribution is 2.29. The standard InChI is InChI=1S/C16H19N3O2/c1-11(2)12-4-3-5-13(8-12)18-9-14(10-18)19-7-6-15(20)17-16(19)21/h3-8,11,14H,9-10H2,1-2H3,(H,17,20,21). The van der Waals surface area contributed by atoms with Crippen molar-refractivity contribution in [2.45, 2.75) is 25.8 Å². The Morgan fingerprint density at radius 2 is 1.95 bits per heavy atom. The van der Waals surface area contributed by atoms with E-state index in [2.05, 4.69) is 48.0 Å². The number of benzene rings is 1. The fourth-order valence-electron chi connectivity index (χ4n) is 2.64. The van der Waals surface area contributed by atoms with E-state index in [0.717, 1.165) is 13.1 Å². The van der Waals surface area contributed by atoms with E-state index in [9.17, 15) is 9.59 Å². The first kappa shape index (κ1) is 13.7. The summed E-state index contributed by atoms with van der Waals surface area (Å²) in [6, 6.07) is 10.0. The molecular formula is C16H19N3O2. The first-order valence-corrected chi connectivity index (χ1v) is 7.21. The zero-order chi connectivity index (χ0) is 15.0. The van der Waals surface area contributed by atoms with Gasteiger partial charge in [0, 0.05) is 31.0 Å². The molecule has 0 unspecified atom stereocenters. The van der Waals surface area contributed by atoms with E-state index in [1.807, 2.05) is 0 Å². The first-order chi connectivity index (χ1) is 10.0. The Labute approximate surface area is 122 Å². The molecule has 5 nitrogen and oxygen atoms in total. The van der Waals surface area contributed by atoms with Gasteiger partial charge in [-0.25, -0.2) is 4.79 Å². The second-order valence-electron chi connectivity index (χ2n) is 5.83. The minimum atomic E-state index is -0.350. The molecule has 1 saturated heterocycles.